The third-order valence-electron chi connectivity index (χ3n) is 9.37. The van der Waals surface area contributed by atoms with Crippen LogP contribution >= 0.6 is 0 Å². The van der Waals surface area contributed by atoms with E-state index in [-0.39, 0.29) is 34.1 Å². The number of aliphatic carboxylic acids is 1. The lowest BCUT2D eigenvalue weighted by molar-refractivity contribution is -0.278. The molecule has 0 amide bonds. The lowest BCUT2D eigenvalue weighted by atomic mass is 9.99. The maximum absolute atomic E-state index is 12.3. The predicted octanol–water partition coefficient (Wildman–Crippen LogP) is -1.14. The van der Waals surface area contributed by atoms with Gasteiger partial charge in [0.2, 0.25) is 19.2 Å². The lowest BCUT2D eigenvalue weighted by Gasteiger charge is -2.40. The van der Waals surface area contributed by atoms with Gasteiger partial charge in [-0.05, 0) is 48.0 Å². The minimum atomic E-state index is -1.99. The molecule has 4 aliphatic rings. The summed E-state index contributed by atoms with van der Waals surface area (Å²) in [6.45, 7) is -1.40. The Morgan fingerprint density at radius 1 is 0.672 bits per heavy atom. The van der Waals surface area contributed by atoms with Crippen molar-refractivity contribution in [2.75, 3.05) is 13.2 Å². The number of hydrogen-bond donors (Lipinski definition) is 11. The van der Waals surface area contributed by atoms with E-state index in [2.05, 4.69) is 0 Å². The van der Waals surface area contributed by atoms with E-state index in [9.17, 15) is 70.2 Å². The highest BCUT2D eigenvalue weighted by atomic mass is 16.7. The first-order valence-electron chi connectivity index (χ1n) is 18.0. The summed E-state index contributed by atoms with van der Waals surface area (Å²) >= 11 is 0. The number of aliphatic hydroxyl groups excluding tert-OH is 6. The van der Waals surface area contributed by atoms with Crippen LogP contribution in [0.25, 0.3) is 28.7 Å². The summed E-state index contributed by atoms with van der Waals surface area (Å²) in [4.78, 5) is 45.2. The van der Waals surface area contributed by atoms with Gasteiger partial charge in [-0.1, -0.05) is 6.07 Å². The normalized spacial score (nSPS) is 26.5. The zero-order chi connectivity index (χ0) is 44.3. The smallest absolute Gasteiger partial charge is 0.507 e. The third kappa shape index (κ3) is 10.1. The summed E-state index contributed by atoms with van der Waals surface area (Å²) in [7, 11) is 0. The van der Waals surface area contributed by atoms with Gasteiger partial charge >= 0.3 is 17.9 Å². The number of carboxylic acid groups (broad SMARTS) is 1. The monoisotopic (exact) mass is 859 g/mol. The molecule has 0 spiro atoms. The number of rotatable bonds is 13. The van der Waals surface area contributed by atoms with Crippen molar-refractivity contribution in [3.8, 4) is 57.1 Å². The quantitative estimate of drug-likeness (QED) is 0.0249. The largest absolute Gasteiger partial charge is 0.510 e. The molecule has 10 atom stereocenters. The minimum Gasteiger partial charge on any atom is -0.507 e. The van der Waals surface area contributed by atoms with Gasteiger partial charge in [-0.15, -0.1) is 0 Å². The van der Waals surface area contributed by atoms with Gasteiger partial charge in [0.15, 0.2) is 46.0 Å². The molecule has 61 heavy (non-hydrogen) atoms. The van der Waals surface area contributed by atoms with Crippen molar-refractivity contribution < 1.29 is 103 Å². The van der Waals surface area contributed by atoms with Gasteiger partial charge in [0.25, 0.3) is 0 Å². The molecule has 2 aromatic rings. The maximum atomic E-state index is 12.3. The Morgan fingerprint density at radius 2 is 1.28 bits per heavy atom. The van der Waals surface area contributed by atoms with E-state index in [1.165, 1.54) is 30.3 Å². The number of aliphatic hydroxyl groups is 6. The second kappa shape index (κ2) is 18.4. The molecule has 0 radical (unpaired) electrons. The Hall–Kier alpha value is -6.50. The molecular weight excluding hydrogens is 820 g/mol. The van der Waals surface area contributed by atoms with E-state index in [4.69, 9.17) is 37.9 Å². The van der Waals surface area contributed by atoms with E-state index in [1.54, 1.807) is 0 Å². The average Bonchev–Trinajstić information content (AvgIpc) is 3.21. The van der Waals surface area contributed by atoms with Crippen LogP contribution in [-0.4, -0.2) is 153 Å². The lowest BCUT2D eigenvalue weighted by Crippen LogP contribution is -2.60. The fraction of sp³-hybridized carbons (Fsp3) is 0.333. The number of aromatic hydroxyl groups is 4. The van der Waals surface area contributed by atoms with E-state index in [0.717, 1.165) is 36.4 Å². The molecule has 10 unspecified atom stereocenters. The number of hydrogen-bond acceptors (Lipinski definition) is 20. The molecule has 6 rings (SSSR count). The fourth-order valence-electron chi connectivity index (χ4n) is 6.14. The summed E-state index contributed by atoms with van der Waals surface area (Å²) in [5, 5.41) is 113. The topological polar surface area (TPSA) is 364 Å². The van der Waals surface area contributed by atoms with Crippen LogP contribution in [-0.2, 0) is 28.5 Å². The fourth-order valence-corrected chi connectivity index (χ4v) is 6.14. The first-order chi connectivity index (χ1) is 28.9. The van der Waals surface area contributed by atoms with Crippen LogP contribution in [0.15, 0.2) is 69.9 Å². The molecule has 2 saturated heterocycles. The number of carbonyl (C=O) groups excluding carboxylic acids is 2. The number of ether oxygens (including phenoxy) is 6. The van der Waals surface area contributed by atoms with Gasteiger partial charge in [0.1, 0.15) is 67.3 Å². The Morgan fingerprint density at radius 3 is 1.90 bits per heavy atom. The van der Waals surface area contributed by atoms with Crippen LogP contribution in [0.1, 0.15) is 12.0 Å². The molecule has 326 valence electrons. The highest BCUT2D eigenvalue weighted by Gasteiger charge is 2.48. The number of carbonyl (C=O) groups is 2. The number of fused-ring (bicyclic) bond motifs is 1. The number of esters is 2. The summed E-state index contributed by atoms with van der Waals surface area (Å²) in [6.07, 6.45) is -16.9. The van der Waals surface area contributed by atoms with Crippen molar-refractivity contribution in [1.29, 1.82) is 0 Å². The number of phenolic OH excluding ortho intramolecular Hbond substituents is 4. The summed E-state index contributed by atoms with van der Waals surface area (Å²) < 4.78 is 38.9. The molecule has 2 fully saturated rings. The Bertz CT molecular complexity index is 2310. The van der Waals surface area contributed by atoms with Gasteiger partial charge in [-0.25, -0.2) is 0 Å². The average molecular weight is 860 g/mol. The SMILES string of the molecule is O=C(O)CC(=O)OCC1OC(Oc2cc3c(O)cc(=O)cc-3oc2-c2ccc(O)c(OC3OC(COC(=[OH+])C=Cc4ccc(O)c(O)c4)C(O)C(O)C3O)c2)C(O)C(O)C1O. The number of carboxylic acids is 1. The van der Waals surface area contributed by atoms with Crippen molar-refractivity contribution >= 4 is 24.0 Å². The summed E-state index contributed by atoms with van der Waals surface area (Å²) in [5.41, 5.74) is -0.449. The van der Waals surface area contributed by atoms with E-state index in [1.807, 2.05) is 0 Å². The first kappa shape index (κ1) is 44.1. The Kier molecular flexibility index (Phi) is 13.3. The molecule has 3 heterocycles. The van der Waals surface area contributed by atoms with Crippen LogP contribution in [0.4, 0.5) is 0 Å². The predicted molar refractivity (Wildman–Crippen MR) is 200 cm³/mol. The van der Waals surface area contributed by atoms with Gasteiger partial charge < -0.3 is 93.8 Å². The van der Waals surface area contributed by atoms with Crippen molar-refractivity contribution in [1.82, 2.24) is 0 Å². The van der Waals surface area contributed by atoms with Crippen molar-refractivity contribution in [2.24, 2.45) is 0 Å². The van der Waals surface area contributed by atoms with Gasteiger partial charge in [0, 0.05) is 17.7 Å². The van der Waals surface area contributed by atoms with E-state index in [0.29, 0.717) is 5.56 Å². The first-order valence-corrected chi connectivity index (χ1v) is 18.0. The molecule has 1 aliphatic carbocycles. The Balaban J connectivity index is 1.25. The molecular formula is C39H39O22+. The highest BCUT2D eigenvalue weighted by molar-refractivity contribution is 5.90. The van der Waals surface area contributed by atoms with E-state index < -0.39 is 127 Å². The summed E-state index contributed by atoms with van der Waals surface area (Å²) in [5.74, 6) is -6.65. The van der Waals surface area contributed by atoms with Gasteiger partial charge in [0.05, 0.1) is 11.6 Å². The van der Waals surface area contributed by atoms with Crippen LogP contribution in [0.3, 0.4) is 0 Å². The second-order valence-corrected chi connectivity index (χ2v) is 13.7. The molecule has 22 nitrogen and oxygen atoms in total. The van der Waals surface area contributed by atoms with Crippen LogP contribution < -0.4 is 14.9 Å². The van der Waals surface area contributed by atoms with Gasteiger partial charge in [-0.3, -0.25) is 14.4 Å². The number of benzene rings is 3. The molecule has 22 heteroatoms. The molecule has 0 saturated carbocycles. The highest BCUT2D eigenvalue weighted by Crippen LogP contribution is 2.44. The number of phenols is 4. The molecule has 12 N–H and O–H groups in total. The molecule has 0 aromatic heterocycles. The maximum Gasteiger partial charge on any atom is 0.510 e. The van der Waals surface area contributed by atoms with Crippen LogP contribution in [0.5, 0.6) is 34.5 Å². The van der Waals surface area contributed by atoms with Crippen molar-refractivity contribution in [2.45, 2.75) is 67.8 Å². The molecule has 0 bridgehead atoms. The second-order valence-electron chi connectivity index (χ2n) is 13.7. The summed E-state index contributed by atoms with van der Waals surface area (Å²) in [6, 6.07) is 10.3. The van der Waals surface area contributed by atoms with E-state index >= 15 is 0 Å². The van der Waals surface area contributed by atoms with Crippen molar-refractivity contribution in [3.63, 3.8) is 0 Å². The molecule has 2 aromatic carbocycles. The Labute approximate surface area is 341 Å². The van der Waals surface area contributed by atoms with Crippen LogP contribution in [0.2, 0.25) is 0 Å². The van der Waals surface area contributed by atoms with Crippen LogP contribution in [0, 0.1) is 0 Å². The van der Waals surface area contributed by atoms with Crippen molar-refractivity contribution in [3.05, 3.63) is 76.5 Å². The van der Waals surface area contributed by atoms with Gasteiger partial charge in [-0.2, -0.15) is 0 Å². The zero-order valence-corrected chi connectivity index (χ0v) is 31.2. The minimum absolute atomic E-state index is 0.0375. The zero-order valence-electron chi connectivity index (χ0n) is 31.2. The molecule has 3 aliphatic heterocycles. The third-order valence-corrected chi connectivity index (χ3v) is 9.37. The standard InChI is InChI=1S/C39H38O22/c40-17-9-21(43)18-11-25(59-39-36(54)34(52)32(50)27(61-39)14-56-30(48)12-28(45)46)37(57-23(18)10-17)16-3-5-20(42)24(8-16)58-38-35(53)33(51)31(49)26(60-38)13-55-29(47)6-2-15-1-4-19(41)22(44)7-15/h1-11,26-27,31-36,38-39,41-44,49-54H,12-14H2,(H,45,46)/p+1.